The van der Waals surface area contributed by atoms with Crippen molar-refractivity contribution in [2.45, 2.75) is 57.8 Å². The molecule has 118 valence electrons. The van der Waals surface area contributed by atoms with Crippen LogP contribution in [0.3, 0.4) is 0 Å². The Morgan fingerprint density at radius 2 is 1.68 bits per heavy atom. The average molecular weight is 299 g/mol. The van der Waals surface area contributed by atoms with Crippen LogP contribution in [-0.4, -0.2) is 0 Å². The summed E-state index contributed by atoms with van der Waals surface area (Å²) in [5, 5.41) is 8.81. The molecule has 2 heteroatoms. The third-order valence-corrected chi connectivity index (χ3v) is 4.96. The van der Waals surface area contributed by atoms with E-state index in [0.717, 1.165) is 36.7 Å². The lowest BCUT2D eigenvalue weighted by molar-refractivity contribution is 0.250. The SMILES string of the molecule is N#Cc1ccc(CCC2CCC(CCCC=CF)CC2)cc1. The molecule has 1 fully saturated rings. The van der Waals surface area contributed by atoms with Gasteiger partial charge >= 0.3 is 0 Å². The maximum absolute atomic E-state index is 11.9. The first-order valence-electron chi connectivity index (χ1n) is 8.56. The minimum atomic E-state index is 0.667. The Balaban J connectivity index is 1.63. The molecule has 0 amide bonds. The van der Waals surface area contributed by atoms with E-state index in [-0.39, 0.29) is 0 Å². The third kappa shape index (κ3) is 5.64. The van der Waals surface area contributed by atoms with Crippen molar-refractivity contribution in [3.05, 3.63) is 47.8 Å². The minimum Gasteiger partial charge on any atom is -0.216 e. The second-order valence-electron chi connectivity index (χ2n) is 6.53. The fourth-order valence-electron chi connectivity index (χ4n) is 3.51. The average Bonchev–Trinajstić information content (AvgIpc) is 2.58. The molecule has 1 aromatic rings. The Bertz CT molecular complexity index is 489. The van der Waals surface area contributed by atoms with Crippen molar-refractivity contribution in [2.75, 3.05) is 0 Å². The topological polar surface area (TPSA) is 23.8 Å². The molecule has 2 rings (SSSR count). The lowest BCUT2D eigenvalue weighted by Crippen LogP contribution is -2.15. The molecular weight excluding hydrogens is 273 g/mol. The van der Waals surface area contributed by atoms with Gasteiger partial charge in [-0.1, -0.05) is 50.3 Å². The summed E-state index contributed by atoms with van der Waals surface area (Å²) in [5.41, 5.74) is 2.09. The van der Waals surface area contributed by atoms with Crippen LogP contribution in [0.4, 0.5) is 4.39 Å². The van der Waals surface area contributed by atoms with Gasteiger partial charge in [-0.3, -0.25) is 0 Å². The summed E-state index contributed by atoms with van der Waals surface area (Å²) in [5.74, 6) is 1.72. The molecule has 0 N–H and O–H groups in total. The molecule has 1 nitrogen and oxygen atoms in total. The highest BCUT2D eigenvalue weighted by Crippen LogP contribution is 2.34. The normalized spacial score (nSPS) is 21.8. The van der Waals surface area contributed by atoms with Crippen LogP contribution in [0.2, 0.25) is 0 Å². The Kier molecular flexibility index (Phi) is 7.16. The van der Waals surface area contributed by atoms with Gasteiger partial charge in [0, 0.05) is 0 Å². The number of benzene rings is 1. The summed E-state index contributed by atoms with van der Waals surface area (Å²) >= 11 is 0. The summed E-state index contributed by atoms with van der Waals surface area (Å²) < 4.78 is 11.9. The molecular formula is C20H26FN. The quantitative estimate of drug-likeness (QED) is 0.571. The number of unbranched alkanes of at least 4 members (excludes halogenated alkanes) is 1. The fraction of sp³-hybridized carbons (Fsp3) is 0.550. The smallest absolute Gasteiger partial charge is 0.0991 e. The van der Waals surface area contributed by atoms with E-state index in [9.17, 15) is 4.39 Å². The van der Waals surface area contributed by atoms with Gasteiger partial charge < -0.3 is 0 Å². The van der Waals surface area contributed by atoms with Gasteiger partial charge in [0.25, 0.3) is 0 Å². The first-order valence-corrected chi connectivity index (χ1v) is 8.56. The van der Waals surface area contributed by atoms with Gasteiger partial charge in [-0.25, -0.2) is 4.39 Å². The third-order valence-electron chi connectivity index (χ3n) is 4.96. The van der Waals surface area contributed by atoms with E-state index in [1.165, 1.54) is 44.1 Å². The highest BCUT2D eigenvalue weighted by molar-refractivity contribution is 5.31. The predicted molar refractivity (Wildman–Crippen MR) is 89.0 cm³/mol. The van der Waals surface area contributed by atoms with Gasteiger partial charge in [-0.05, 0) is 55.2 Å². The lowest BCUT2D eigenvalue weighted by atomic mass is 9.78. The highest BCUT2D eigenvalue weighted by atomic mass is 19.1. The zero-order valence-electron chi connectivity index (χ0n) is 13.3. The Morgan fingerprint density at radius 3 is 2.27 bits per heavy atom. The maximum atomic E-state index is 11.9. The van der Waals surface area contributed by atoms with E-state index >= 15 is 0 Å². The predicted octanol–water partition coefficient (Wildman–Crippen LogP) is 5.95. The molecule has 1 aliphatic carbocycles. The van der Waals surface area contributed by atoms with Crippen molar-refractivity contribution in [2.24, 2.45) is 11.8 Å². The zero-order chi connectivity index (χ0) is 15.6. The number of halogens is 1. The van der Waals surface area contributed by atoms with E-state index in [1.54, 1.807) is 6.08 Å². The van der Waals surface area contributed by atoms with Crippen LogP contribution in [-0.2, 0) is 6.42 Å². The first kappa shape index (κ1) is 16.7. The molecule has 1 saturated carbocycles. The lowest BCUT2D eigenvalue weighted by Gasteiger charge is -2.28. The molecule has 0 aromatic heterocycles. The maximum Gasteiger partial charge on any atom is 0.0991 e. The van der Waals surface area contributed by atoms with Crippen LogP contribution in [0, 0.1) is 23.2 Å². The van der Waals surface area contributed by atoms with Crippen molar-refractivity contribution >= 4 is 0 Å². The Morgan fingerprint density at radius 1 is 1.05 bits per heavy atom. The first-order chi connectivity index (χ1) is 10.8. The van der Waals surface area contributed by atoms with E-state index in [1.807, 2.05) is 12.1 Å². The summed E-state index contributed by atoms with van der Waals surface area (Å²) in [6.07, 6.45) is 13.3. The van der Waals surface area contributed by atoms with Crippen molar-refractivity contribution < 1.29 is 4.39 Å². The summed E-state index contributed by atoms with van der Waals surface area (Å²) in [6, 6.07) is 10.2. The van der Waals surface area contributed by atoms with Crippen LogP contribution in [0.1, 0.15) is 62.5 Å². The molecule has 22 heavy (non-hydrogen) atoms. The number of rotatable bonds is 7. The minimum absolute atomic E-state index is 0.667. The van der Waals surface area contributed by atoms with Crippen molar-refractivity contribution in [3.8, 4) is 6.07 Å². The molecule has 0 spiro atoms. The van der Waals surface area contributed by atoms with E-state index in [2.05, 4.69) is 18.2 Å². The van der Waals surface area contributed by atoms with Crippen LogP contribution < -0.4 is 0 Å². The zero-order valence-corrected chi connectivity index (χ0v) is 13.3. The van der Waals surface area contributed by atoms with Gasteiger partial charge in [-0.15, -0.1) is 0 Å². The van der Waals surface area contributed by atoms with Crippen molar-refractivity contribution in [1.82, 2.24) is 0 Å². The van der Waals surface area contributed by atoms with Crippen molar-refractivity contribution in [1.29, 1.82) is 5.26 Å². The monoisotopic (exact) mass is 299 g/mol. The molecule has 0 unspecified atom stereocenters. The molecule has 0 aliphatic heterocycles. The number of hydrogen-bond donors (Lipinski definition) is 0. The molecule has 0 saturated heterocycles. The number of hydrogen-bond acceptors (Lipinski definition) is 1. The molecule has 0 heterocycles. The second kappa shape index (κ2) is 9.41. The van der Waals surface area contributed by atoms with Gasteiger partial charge in [0.1, 0.15) is 0 Å². The Hall–Kier alpha value is -1.62. The fourth-order valence-corrected chi connectivity index (χ4v) is 3.51. The van der Waals surface area contributed by atoms with E-state index < -0.39 is 0 Å². The second-order valence-corrected chi connectivity index (χ2v) is 6.53. The number of nitrogens with zero attached hydrogens (tertiary/aromatic N) is 1. The van der Waals surface area contributed by atoms with Gasteiger partial charge in [0.15, 0.2) is 0 Å². The molecule has 0 atom stereocenters. The molecule has 0 bridgehead atoms. The van der Waals surface area contributed by atoms with Crippen LogP contribution in [0.25, 0.3) is 0 Å². The van der Waals surface area contributed by atoms with E-state index in [4.69, 9.17) is 5.26 Å². The summed E-state index contributed by atoms with van der Waals surface area (Å²) in [6.45, 7) is 0. The van der Waals surface area contributed by atoms with Gasteiger partial charge in [0.2, 0.25) is 0 Å². The van der Waals surface area contributed by atoms with Gasteiger partial charge in [-0.2, -0.15) is 5.26 Å². The van der Waals surface area contributed by atoms with Crippen LogP contribution >= 0.6 is 0 Å². The Labute approximate surface area is 133 Å². The summed E-state index contributed by atoms with van der Waals surface area (Å²) in [7, 11) is 0. The van der Waals surface area contributed by atoms with Gasteiger partial charge in [0.05, 0.1) is 18.0 Å². The van der Waals surface area contributed by atoms with Crippen LogP contribution in [0.5, 0.6) is 0 Å². The highest BCUT2D eigenvalue weighted by Gasteiger charge is 2.20. The van der Waals surface area contributed by atoms with E-state index in [0.29, 0.717) is 6.33 Å². The largest absolute Gasteiger partial charge is 0.216 e. The molecule has 1 aliphatic rings. The molecule has 1 aromatic carbocycles. The standard InChI is InChI=1S/C20H26FN/c21-15-3-1-2-4-17-5-7-18(8-6-17)9-10-19-11-13-20(16-22)14-12-19/h3,11-15,17-18H,1-2,4-10H2. The van der Waals surface area contributed by atoms with Crippen molar-refractivity contribution in [3.63, 3.8) is 0 Å². The summed E-state index contributed by atoms with van der Waals surface area (Å²) in [4.78, 5) is 0. The number of allylic oxidation sites excluding steroid dienone is 1. The number of aryl methyl sites for hydroxylation is 1. The number of nitriles is 1. The van der Waals surface area contributed by atoms with Crippen LogP contribution in [0.15, 0.2) is 36.7 Å². The molecule has 0 radical (unpaired) electrons.